The Kier molecular flexibility index (Phi) is 5.15. The first-order valence-corrected chi connectivity index (χ1v) is 7.67. The van der Waals surface area contributed by atoms with E-state index in [2.05, 4.69) is 15.6 Å². The normalized spacial score (nSPS) is 14.6. The summed E-state index contributed by atoms with van der Waals surface area (Å²) in [5.74, 6) is 2.18. The van der Waals surface area contributed by atoms with Crippen molar-refractivity contribution in [2.45, 2.75) is 32.9 Å². The fourth-order valence-corrected chi connectivity index (χ4v) is 2.59. The molecule has 0 bridgehead atoms. The molecule has 2 aromatic heterocycles. The lowest BCUT2D eigenvalue weighted by Crippen LogP contribution is -2.44. The molecule has 0 saturated heterocycles. The molecule has 0 aromatic carbocycles. The SMILES string of the molecule is CN=C(NCc1ccn(C)c1)NCC(C)(O)c1cc(C)oc1C. The molecule has 0 fully saturated rings. The van der Waals surface area contributed by atoms with Gasteiger partial charge in [0.25, 0.3) is 0 Å². The molecule has 1 atom stereocenters. The van der Waals surface area contributed by atoms with Crippen LogP contribution < -0.4 is 10.6 Å². The van der Waals surface area contributed by atoms with Crippen LogP contribution in [-0.4, -0.2) is 29.2 Å². The Bertz CT molecular complexity index is 683. The number of hydrogen-bond donors (Lipinski definition) is 3. The van der Waals surface area contributed by atoms with E-state index in [9.17, 15) is 5.11 Å². The smallest absolute Gasteiger partial charge is 0.191 e. The van der Waals surface area contributed by atoms with Crippen molar-refractivity contribution in [2.75, 3.05) is 13.6 Å². The monoisotopic (exact) mass is 318 g/mol. The second-order valence-electron chi connectivity index (χ2n) is 6.07. The van der Waals surface area contributed by atoms with Gasteiger partial charge in [0.05, 0.1) is 6.54 Å². The van der Waals surface area contributed by atoms with E-state index < -0.39 is 5.60 Å². The van der Waals surface area contributed by atoms with Crippen molar-refractivity contribution in [3.8, 4) is 0 Å². The minimum Gasteiger partial charge on any atom is -0.466 e. The Morgan fingerprint density at radius 1 is 1.39 bits per heavy atom. The zero-order chi connectivity index (χ0) is 17.0. The van der Waals surface area contributed by atoms with E-state index in [4.69, 9.17) is 4.42 Å². The summed E-state index contributed by atoms with van der Waals surface area (Å²) in [5.41, 5.74) is 0.927. The van der Waals surface area contributed by atoms with Gasteiger partial charge in [-0.2, -0.15) is 0 Å². The van der Waals surface area contributed by atoms with Gasteiger partial charge in [-0.25, -0.2) is 0 Å². The number of hydrogen-bond acceptors (Lipinski definition) is 3. The van der Waals surface area contributed by atoms with E-state index in [1.54, 1.807) is 14.0 Å². The number of aromatic nitrogens is 1. The third-order valence-corrected chi connectivity index (χ3v) is 3.80. The second-order valence-corrected chi connectivity index (χ2v) is 6.07. The maximum absolute atomic E-state index is 10.7. The molecule has 0 aliphatic carbocycles. The van der Waals surface area contributed by atoms with E-state index in [1.807, 2.05) is 50.0 Å². The second kappa shape index (κ2) is 6.91. The Balaban J connectivity index is 1.93. The van der Waals surface area contributed by atoms with Gasteiger partial charge < -0.3 is 24.7 Å². The number of rotatable bonds is 5. The third kappa shape index (κ3) is 4.39. The van der Waals surface area contributed by atoms with Crippen LogP contribution in [0.1, 0.15) is 29.6 Å². The maximum Gasteiger partial charge on any atom is 0.191 e. The summed E-state index contributed by atoms with van der Waals surface area (Å²) in [5, 5.41) is 17.1. The first kappa shape index (κ1) is 17.1. The zero-order valence-corrected chi connectivity index (χ0v) is 14.5. The number of aliphatic imine (C=N–C) groups is 1. The van der Waals surface area contributed by atoms with Gasteiger partial charge in [-0.3, -0.25) is 4.99 Å². The van der Waals surface area contributed by atoms with Crippen LogP contribution in [0, 0.1) is 13.8 Å². The Labute approximate surface area is 137 Å². The number of aryl methyl sites for hydroxylation is 3. The fourth-order valence-electron chi connectivity index (χ4n) is 2.59. The minimum atomic E-state index is -1.04. The largest absolute Gasteiger partial charge is 0.466 e. The van der Waals surface area contributed by atoms with Gasteiger partial charge in [-0.05, 0) is 38.5 Å². The van der Waals surface area contributed by atoms with Crippen LogP contribution in [0.3, 0.4) is 0 Å². The summed E-state index contributed by atoms with van der Waals surface area (Å²) in [6.45, 7) is 6.51. The van der Waals surface area contributed by atoms with Crippen molar-refractivity contribution in [1.82, 2.24) is 15.2 Å². The van der Waals surface area contributed by atoms with Crippen molar-refractivity contribution in [3.05, 3.63) is 47.2 Å². The van der Waals surface area contributed by atoms with E-state index in [0.29, 0.717) is 19.0 Å². The Hall–Kier alpha value is -2.21. The molecule has 0 spiro atoms. The molecule has 1 unspecified atom stereocenters. The molecule has 3 N–H and O–H groups in total. The van der Waals surface area contributed by atoms with Crippen molar-refractivity contribution in [2.24, 2.45) is 12.0 Å². The quantitative estimate of drug-likeness (QED) is 0.580. The highest BCUT2D eigenvalue weighted by Gasteiger charge is 2.27. The number of nitrogens with one attached hydrogen (secondary N) is 2. The van der Waals surface area contributed by atoms with Crippen molar-refractivity contribution in [1.29, 1.82) is 0 Å². The highest BCUT2D eigenvalue weighted by molar-refractivity contribution is 5.79. The predicted molar refractivity (Wildman–Crippen MR) is 91.4 cm³/mol. The molecule has 0 aliphatic rings. The van der Waals surface area contributed by atoms with Gasteiger partial charge in [0.15, 0.2) is 5.96 Å². The summed E-state index contributed by atoms with van der Waals surface area (Å²) < 4.78 is 7.51. The first-order chi connectivity index (χ1) is 10.8. The van der Waals surface area contributed by atoms with Crippen LogP contribution in [0.4, 0.5) is 0 Å². The summed E-state index contributed by atoms with van der Waals surface area (Å²) in [6, 6.07) is 3.92. The van der Waals surface area contributed by atoms with Crippen LogP contribution in [0.2, 0.25) is 0 Å². The molecular weight excluding hydrogens is 292 g/mol. The Morgan fingerprint density at radius 3 is 2.65 bits per heavy atom. The van der Waals surface area contributed by atoms with Gasteiger partial charge >= 0.3 is 0 Å². The molecule has 0 amide bonds. The standard InChI is InChI=1S/C17H26N4O2/c1-12-8-15(13(2)23-12)17(3,22)11-20-16(18-4)19-9-14-6-7-21(5)10-14/h6-8,10,22H,9,11H2,1-5H3,(H2,18,19,20). The summed E-state index contributed by atoms with van der Waals surface area (Å²) >= 11 is 0. The van der Waals surface area contributed by atoms with Gasteiger partial charge in [-0.1, -0.05) is 0 Å². The van der Waals surface area contributed by atoms with Crippen molar-refractivity contribution < 1.29 is 9.52 Å². The van der Waals surface area contributed by atoms with Crippen LogP contribution in [0.15, 0.2) is 33.9 Å². The highest BCUT2D eigenvalue weighted by atomic mass is 16.3. The Morgan fingerprint density at radius 2 is 2.13 bits per heavy atom. The third-order valence-electron chi connectivity index (χ3n) is 3.80. The van der Waals surface area contributed by atoms with Crippen molar-refractivity contribution in [3.63, 3.8) is 0 Å². The molecule has 23 heavy (non-hydrogen) atoms. The first-order valence-electron chi connectivity index (χ1n) is 7.67. The molecule has 0 saturated carbocycles. The van der Waals surface area contributed by atoms with E-state index in [0.717, 1.165) is 17.1 Å². The van der Waals surface area contributed by atoms with Crippen LogP contribution in [0.5, 0.6) is 0 Å². The van der Waals surface area contributed by atoms with Crippen molar-refractivity contribution >= 4 is 5.96 Å². The number of furan rings is 1. The topological polar surface area (TPSA) is 74.7 Å². The molecule has 2 heterocycles. The zero-order valence-electron chi connectivity index (χ0n) is 14.5. The lowest BCUT2D eigenvalue weighted by atomic mass is 9.96. The highest BCUT2D eigenvalue weighted by Crippen LogP contribution is 2.26. The van der Waals surface area contributed by atoms with Crippen LogP contribution in [0.25, 0.3) is 0 Å². The fraction of sp³-hybridized carbons (Fsp3) is 0.471. The average Bonchev–Trinajstić information content (AvgIpc) is 3.05. The lowest BCUT2D eigenvalue weighted by Gasteiger charge is -2.24. The van der Waals surface area contributed by atoms with Gasteiger partial charge in [0, 0.05) is 38.6 Å². The van der Waals surface area contributed by atoms with Gasteiger partial charge in [0.1, 0.15) is 17.1 Å². The van der Waals surface area contributed by atoms with Gasteiger partial charge in [0.2, 0.25) is 0 Å². The van der Waals surface area contributed by atoms with E-state index in [1.165, 1.54) is 5.56 Å². The predicted octanol–water partition coefficient (Wildman–Crippen LogP) is 1.81. The molecular formula is C17H26N4O2. The summed E-state index contributed by atoms with van der Waals surface area (Å²) in [6.07, 6.45) is 4.05. The van der Waals surface area contributed by atoms with Crippen LogP contribution >= 0.6 is 0 Å². The molecule has 126 valence electrons. The van der Waals surface area contributed by atoms with Crippen LogP contribution in [-0.2, 0) is 19.2 Å². The van der Waals surface area contributed by atoms with Gasteiger partial charge in [-0.15, -0.1) is 0 Å². The molecule has 6 heteroatoms. The summed E-state index contributed by atoms with van der Waals surface area (Å²) in [4.78, 5) is 4.19. The lowest BCUT2D eigenvalue weighted by molar-refractivity contribution is 0.0602. The molecule has 6 nitrogen and oxygen atoms in total. The molecule has 0 radical (unpaired) electrons. The number of guanidine groups is 1. The number of aliphatic hydroxyl groups is 1. The molecule has 2 aromatic rings. The maximum atomic E-state index is 10.7. The summed E-state index contributed by atoms with van der Waals surface area (Å²) in [7, 11) is 3.70. The molecule has 2 rings (SSSR count). The molecule has 0 aliphatic heterocycles. The average molecular weight is 318 g/mol. The number of nitrogens with zero attached hydrogens (tertiary/aromatic N) is 2. The minimum absolute atomic E-state index is 0.335. The van der Waals surface area contributed by atoms with E-state index in [-0.39, 0.29) is 0 Å². The van der Waals surface area contributed by atoms with E-state index >= 15 is 0 Å².